The number of hydrogen-bond donors (Lipinski definition) is 1. The number of aromatic amines is 1. The Bertz CT molecular complexity index is 1720. The van der Waals surface area contributed by atoms with E-state index in [1.165, 1.54) is 0 Å². The molecule has 5 heterocycles. The summed E-state index contributed by atoms with van der Waals surface area (Å²) in [5, 5.41) is 23.4. The zero-order chi connectivity index (χ0) is 27.8. The highest BCUT2D eigenvalue weighted by Gasteiger charge is 2.23. The van der Waals surface area contributed by atoms with Crippen LogP contribution >= 0.6 is 0 Å². The first-order valence-corrected chi connectivity index (χ1v) is 13.3. The second-order valence-electron chi connectivity index (χ2n) is 10.1. The van der Waals surface area contributed by atoms with Crippen LogP contribution in [0.15, 0.2) is 45.8 Å². The van der Waals surface area contributed by atoms with E-state index >= 15 is 0 Å². The molecule has 5 aromatic rings. The maximum Gasteiger partial charge on any atom is 0.308 e. The molecule has 1 saturated heterocycles. The van der Waals surface area contributed by atoms with Gasteiger partial charge in [-0.15, -0.1) is 15.3 Å². The topological polar surface area (TPSA) is 143 Å². The molecule has 0 radical (unpaired) electrons. The van der Waals surface area contributed by atoms with Gasteiger partial charge in [-0.05, 0) is 55.6 Å². The minimum atomic E-state index is -0.343. The molecule has 40 heavy (non-hydrogen) atoms. The number of amides is 1. The molecule has 206 valence electrons. The first-order chi connectivity index (χ1) is 19.4. The van der Waals surface area contributed by atoms with Crippen LogP contribution in [0.4, 0.5) is 0 Å². The molecule has 0 saturated carbocycles. The molecule has 6 rings (SSSR count). The number of carbonyl (C=O) groups is 1. The summed E-state index contributed by atoms with van der Waals surface area (Å²) in [7, 11) is 0. The molecule has 0 atom stereocenters. The summed E-state index contributed by atoms with van der Waals surface area (Å²) in [6, 6.07) is 11.5. The van der Waals surface area contributed by atoms with Gasteiger partial charge in [0.25, 0.3) is 0 Å². The fraction of sp³-hybridized carbons (Fsp3) is 0.370. The molecule has 13 nitrogen and oxygen atoms in total. The number of rotatable bonds is 7. The van der Waals surface area contributed by atoms with E-state index in [1.807, 2.05) is 66.8 Å². The van der Waals surface area contributed by atoms with Crippen molar-refractivity contribution >= 4 is 11.6 Å². The standard InChI is InChI=1S/C27H30N10O3/c1-17-22(18(2)36(30-17)24-10-9-23-29-28-19(3)37(23)31-24)8-11-25(38)35-14-12-34(13-15-35)16-20-4-6-21(7-5-20)26-27(39)33-40-32-26/h4-7,9-10H,8,11-16H2,1-3H3,(H,33,39). The molecular weight excluding hydrogens is 512 g/mol. The number of aromatic nitrogens is 8. The molecule has 0 bridgehead atoms. The van der Waals surface area contributed by atoms with Crippen molar-refractivity contribution in [3.63, 3.8) is 0 Å². The number of hydrogen-bond acceptors (Lipinski definition) is 9. The summed E-state index contributed by atoms with van der Waals surface area (Å²) in [5.74, 6) is 1.56. The first-order valence-electron chi connectivity index (χ1n) is 13.3. The Balaban J connectivity index is 1.03. The highest BCUT2D eigenvalue weighted by molar-refractivity contribution is 5.76. The number of H-pyrrole nitrogens is 1. The molecular formula is C27H30N10O3. The molecule has 1 N–H and O–H groups in total. The molecule has 1 aliphatic rings. The van der Waals surface area contributed by atoms with E-state index in [1.54, 1.807) is 4.52 Å². The summed E-state index contributed by atoms with van der Waals surface area (Å²) in [4.78, 5) is 29.1. The fourth-order valence-corrected chi connectivity index (χ4v) is 5.21. The molecule has 0 aliphatic carbocycles. The van der Waals surface area contributed by atoms with Crippen molar-refractivity contribution in [1.82, 2.24) is 49.7 Å². The van der Waals surface area contributed by atoms with Crippen LogP contribution in [-0.4, -0.2) is 81.8 Å². The minimum Gasteiger partial charge on any atom is -0.340 e. The lowest BCUT2D eigenvalue weighted by atomic mass is 10.1. The van der Waals surface area contributed by atoms with Crippen LogP contribution in [0, 0.1) is 20.8 Å². The number of fused-ring (bicyclic) bond motifs is 1. The van der Waals surface area contributed by atoms with Crippen molar-refractivity contribution in [3.8, 4) is 17.1 Å². The number of nitrogens with zero attached hydrogens (tertiary/aromatic N) is 9. The Hall–Kier alpha value is -4.65. The van der Waals surface area contributed by atoms with Crippen molar-refractivity contribution in [3.05, 3.63) is 75.1 Å². The van der Waals surface area contributed by atoms with Crippen LogP contribution in [0.1, 0.15) is 34.8 Å². The number of nitrogens with one attached hydrogen (secondary N) is 1. The van der Waals surface area contributed by atoms with Crippen LogP contribution in [0.3, 0.4) is 0 Å². The van der Waals surface area contributed by atoms with Gasteiger partial charge in [0, 0.05) is 50.4 Å². The lowest BCUT2D eigenvalue weighted by molar-refractivity contribution is -0.133. The second kappa shape index (κ2) is 10.5. The van der Waals surface area contributed by atoms with Crippen molar-refractivity contribution in [2.75, 3.05) is 26.2 Å². The van der Waals surface area contributed by atoms with Gasteiger partial charge < -0.3 is 4.90 Å². The maximum atomic E-state index is 13.1. The van der Waals surface area contributed by atoms with E-state index in [9.17, 15) is 9.59 Å². The smallest absolute Gasteiger partial charge is 0.308 e. The van der Waals surface area contributed by atoms with Crippen LogP contribution in [-0.2, 0) is 17.8 Å². The third-order valence-electron chi connectivity index (χ3n) is 7.50. The minimum absolute atomic E-state index is 0.160. The fourth-order valence-electron chi connectivity index (χ4n) is 5.21. The Morgan fingerprint density at radius 2 is 1.75 bits per heavy atom. The summed E-state index contributed by atoms with van der Waals surface area (Å²) >= 11 is 0. The first kappa shape index (κ1) is 25.6. The summed E-state index contributed by atoms with van der Waals surface area (Å²) in [5.41, 5.74) is 5.43. The second-order valence-corrected chi connectivity index (χ2v) is 10.1. The van der Waals surface area contributed by atoms with E-state index in [0.29, 0.717) is 48.8 Å². The van der Waals surface area contributed by atoms with E-state index in [-0.39, 0.29) is 17.2 Å². The average molecular weight is 543 g/mol. The number of aryl methyl sites for hydroxylation is 2. The van der Waals surface area contributed by atoms with Gasteiger partial charge in [0.1, 0.15) is 0 Å². The third kappa shape index (κ3) is 4.91. The lowest BCUT2D eigenvalue weighted by Crippen LogP contribution is -2.48. The van der Waals surface area contributed by atoms with Crippen molar-refractivity contribution < 1.29 is 9.42 Å². The zero-order valence-corrected chi connectivity index (χ0v) is 22.7. The summed E-state index contributed by atoms with van der Waals surface area (Å²) < 4.78 is 8.15. The van der Waals surface area contributed by atoms with Gasteiger partial charge in [-0.3, -0.25) is 19.1 Å². The van der Waals surface area contributed by atoms with Gasteiger partial charge in [0.05, 0.1) is 5.69 Å². The normalized spacial score (nSPS) is 14.3. The molecule has 1 amide bonds. The molecule has 4 aromatic heterocycles. The van der Waals surface area contributed by atoms with Crippen LogP contribution in [0.5, 0.6) is 0 Å². The molecule has 1 fully saturated rings. The van der Waals surface area contributed by atoms with E-state index in [2.05, 4.69) is 35.1 Å². The quantitative estimate of drug-likeness (QED) is 0.326. The van der Waals surface area contributed by atoms with Crippen molar-refractivity contribution in [2.45, 2.75) is 40.2 Å². The highest BCUT2D eigenvalue weighted by atomic mass is 16.6. The maximum absolute atomic E-state index is 13.1. The molecule has 1 aliphatic heterocycles. The van der Waals surface area contributed by atoms with Crippen molar-refractivity contribution in [2.24, 2.45) is 0 Å². The van der Waals surface area contributed by atoms with Gasteiger partial charge in [-0.1, -0.05) is 24.3 Å². The van der Waals surface area contributed by atoms with Crippen LogP contribution in [0.2, 0.25) is 0 Å². The third-order valence-corrected chi connectivity index (χ3v) is 7.50. The number of carbonyl (C=O) groups excluding carboxylic acids is 1. The monoisotopic (exact) mass is 542 g/mol. The zero-order valence-electron chi connectivity index (χ0n) is 22.7. The van der Waals surface area contributed by atoms with E-state index in [4.69, 9.17) is 5.10 Å². The Kier molecular flexibility index (Phi) is 6.72. The number of piperazine rings is 1. The summed E-state index contributed by atoms with van der Waals surface area (Å²) in [6.07, 6.45) is 1.07. The van der Waals surface area contributed by atoms with Gasteiger partial charge >= 0.3 is 5.56 Å². The van der Waals surface area contributed by atoms with Crippen molar-refractivity contribution in [1.29, 1.82) is 0 Å². The largest absolute Gasteiger partial charge is 0.340 e. The highest BCUT2D eigenvalue weighted by Crippen LogP contribution is 2.20. The van der Waals surface area contributed by atoms with Gasteiger partial charge in [-0.25, -0.2) is 4.68 Å². The Morgan fingerprint density at radius 3 is 2.48 bits per heavy atom. The predicted molar refractivity (Wildman–Crippen MR) is 145 cm³/mol. The van der Waals surface area contributed by atoms with E-state index < -0.39 is 0 Å². The van der Waals surface area contributed by atoms with Gasteiger partial charge in [0.2, 0.25) is 5.91 Å². The predicted octanol–water partition coefficient (Wildman–Crippen LogP) is 1.86. The lowest BCUT2D eigenvalue weighted by Gasteiger charge is -2.35. The van der Waals surface area contributed by atoms with Gasteiger partial charge in [0.15, 0.2) is 23.0 Å². The van der Waals surface area contributed by atoms with Crippen LogP contribution in [0.25, 0.3) is 22.7 Å². The molecule has 13 heteroatoms. The molecule has 0 unspecified atom stereocenters. The van der Waals surface area contributed by atoms with Gasteiger partial charge in [-0.2, -0.15) is 14.8 Å². The number of benzene rings is 1. The molecule has 1 aromatic carbocycles. The van der Waals surface area contributed by atoms with E-state index in [0.717, 1.165) is 42.1 Å². The Morgan fingerprint density at radius 1 is 0.975 bits per heavy atom. The SMILES string of the molecule is Cc1nn(-c2ccc3nnc(C)n3n2)c(C)c1CCC(=O)N1CCN(Cc2ccc(-c3no[nH]c3=O)cc2)CC1. The van der Waals surface area contributed by atoms with Crippen LogP contribution < -0.4 is 5.56 Å². The molecule has 0 spiro atoms. The average Bonchev–Trinajstić information content (AvgIpc) is 3.64. The summed E-state index contributed by atoms with van der Waals surface area (Å²) in [6.45, 7) is 9.64. The Labute approximate surface area is 229 Å².